The summed E-state index contributed by atoms with van der Waals surface area (Å²) in [7, 11) is -0.394. The second kappa shape index (κ2) is 6.69. The number of halogens is 1. The summed E-state index contributed by atoms with van der Waals surface area (Å²) in [4.78, 5) is 0. The predicted octanol–water partition coefficient (Wildman–Crippen LogP) is 3.54. The van der Waals surface area contributed by atoms with Gasteiger partial charge in [-0.1, -0.05) is 12.1 Å². The Hall–Kier alpha value is -2.05. The van der Waals surface area contributed by atoms with Crippen molar-refractivity contribution < 1.29 is 23.2 Å². The van der Waals surface area contributed by atoms with Gasteiger partial charge < -0.3 is 18.8 Å². The van der Waals surface area contributed by atoms with Gasteiger partial charge in [0.2, 0.25) is 6.79 Å². The van der Waals surface area contributed by atoms with E-state index in [1.54, 1.807) is 12.1 Å². The normalized spacial score (nSPS) is 18.2. The minimum Gasteiger partial charge on any atom is -0.458 e. The average molecular weight is 344 g/mol. The van der Waals surface area contributed by atoms with Crippen molar-refractivity contribution in [2.75, 3.05) is 6.79 Å². The zero-order valence-corrected chi connectivity index (χ0v) is 14.9. The highest BCUT2D eigenvalue weighted by atomic mass is 19.1. The van der Waals surface area contributed by atoms with Gasteiger partial charge in [0.1, 0.15) is 17.3 Å². The van der Waals surface area contributed by atoms with E-state index in [1.165, 1.54) is 12.1 Å². The van der Waals surface area contributed by atoms with E-state index in [1.807, 2.05) is 52.0 Å². The van der Waals surface area contributed by atoms with Crippen molar-refractivity contribution in [2.24, 2.45) is 0 Å². The summed E-state index contributed by atoms with van der Waals surface area (Å²) in [6.07, 6.45) is 0. The molecule has 0 amide bonds. The van der Waals surface area contributed by atoms with Gasteiger partial charge in [-0.25, -0.2) is 4.39 Å². The molecule has 1 fully saturated rings. The number of ether oxygens (including phenoxy) is 2. The maximum Gasteiger partial charge on any atom is 0.494 e. The molecule has 1 aliphatic heterocycles. The van der Waals surface area contributed by atoms with Crippen molar-refractivity contribution in [3.8, 4) is 11.5 Å². The molecule has 25 heavy (non-hydrogen) atoms. The summed E-state index contributed by atoms with van der Waals surface area (Å²) in [5.74, 6) is 0.921. The van der Waals surface area contributed by atoms with Crippen LogP contribution in [-0.4, -0.2) is 25.1 Å². The molecule has 0 N–H and O–H groups in total. The Labute approximate surface area is 148 Å². The van der Waals surface area contributed by atoms with E-state index < -0.39 is 7.12 Å². The first kappa shape index (κ1) is 17.8. The standard InChI is InChI=1S/C19H22BFO4/c1-18(2)19(3,4)25-20(24-18)14-5-9-16(10-6-14)22-13-23-17-11-7-15(21)8-12-17/h5-12H,13H2,1-4H3. The Bertz CT molecular complexity index is 697. The van der Waals surface area contributed by atoms with Gasteiger partial charge in [-0.05, 0) is 69.6 Å². The van der Waals surface area contributed by atoms with Crippen molar-refractivity contribution in [3.63, 3.8) is 0 Å². The maximum atomic E-state index is 12.8. The van der Waals surface area contributed by atoms with Gasteiger partial charge in [0, 0.05) is 0 Å². The Morgan fingerprint density at radius 2 is 1.24 bits per heavy atom. The van der Waals surface area contributed by atoms with Crippen LogP contribution in [0.4, 0.5) is 4.39 Å². The van der Waals surface area contributed by atoms with Gasteiger partial charge in [-0.3, -0.25) is 0 Å². The molecular weight excluding hydrogens is 322 g/mol. The fourth-order valence-corrected chi connectivity index (χ4v) is 2.40. The van der Waals surface area contributed by atoms with Crippen LogP contribution in [-0.2, 0) is 9.31 Å². The van der Waals surface area contributed by atoms with E-state index >= 15 is 0 Å². The van der Waals surface area contributed by atoms with Crippen LogP contribution in [0.25, 0.3) is 0 Å². The molecule has 1 heterocycles. The molecule has 0 saturated carbocycles. The van der Waals surface area contributed by atoms with Crippen LogP contribution in [0.2, 0.25) is 0 Å². The molecule has 1 saturated heterocycles. The molecular formula is C19H22BFO4. The van der Waals surface area contributed by atoms with Crippen LogP contribution in [0.5, 0.6) is 11.5 Å². The molecule has 0 bridgehead atoms. The Morgan fingerprint density at radius 3 is 1.72 bits per heavy atom. The lowest BCUT2D eigenvalue weighted by molar-refractivity contribution is 0.00578. The highest BCUT2D eigenvalue weighted by molar-refractivity contribution is 6.62. The first-order chi connectivity index (χ1) is 11.8. The summed E-state index contributed by atoms with van der Waals surface area (Å²) < 4.78 is 35.8. The van der Waals surface area contributed by atoms with Crippen molar-refractivity contribution in [2.45, 2.75) is 38.9 Å². The van der Waals surface area contributed by atoms with Crippen LogP contribution < -0.4 is 14.9 Å². The molecule has 2 aromatic rings. The molecule has 0 unspecified atom stereocenters. The van der Waals surface area contributed by atoms with Crippen molar-refractivity contribution in [1.29, 1.82) is 0 Å². The topological polar surface area (TPSA) is 36.9 Å². The fraction of sp³-hybridized carbons (Fsp3) is 0.368. The third-order valence-corrected chi connectivity index (χ3v) is 4.67. The molecule has 0 spiro atoms. The van der Waals surface area contributed by atoms with Crippen molar-refractivity contribution in [3.05, 3.63) is 54.3 Å². The van der Waals surface area contributed by atoms with Crippen LogP contribution in [0, 0.1) is 5.82 Å². The molecule has 3 rings (SSSR count). The van der Waals surface area contributed by atoms with Crippen LogP contribution in [0.3, 0.4) is 0 Å². The molecule has 1 aliphatic rings. The summed E-state index contributed by atoms with van der Waals surface area (Å²) in [5.41, 5.74) is 0.205. The van der Waals surface area contributed by atoms with Crippen molar-refractivity contribution in [1.82, 2.24) is 0 Å². The van der Waals surface area contributed by atoms with Crippen LogP contribution in [0.1, 0.15) is 27.7 Å². The highest BCUT2D eigenvalue weighted by Crippen LogP contribution is 2.36. The Balaban J connectivity index is 1.55. The van der Waals surface area contributed by atoms with Crippen LogP contribution >= 0.6 is 0 Å². The number of hydrogen-bond acceptors (Lipinski definition) is 4. The second-order valence-electron chi connectivity index (χ2n) is 7.02. The van der Waals surface area contributed by atoms with Gasteiger partial charge in [-0.15, -0.1) is 0 Å². The summed E-state index contributed by atoms with van der Waals surface area (Å²) in [5, 5.41) is 0. The molecule has 0 atom stereocenters. The largest absolute Gasteiger partial charge is 0.494 e. The smallest absolute Gasteiger partial charge is 0.458 e. The third-order valence-electron chi connectivity index (χ3n) is 4.67. The lowest BCUT2D eigenvalue weighted by Gasteiger charge is -2.32. The quantitative estimate of drug-likeness (QED) is 0.614. The molecule has 6 heteroatoms. The third kappa shape index (κ3) is 3.97. The molecule has 132 valence electrons. The lowest BCUT2D eigenvalue weighted by atomic mass is 9.79. The van der Waals surface area contributed by atoms with E-state index in [2.05, 4.69) is 0 Å². The predicted molar refractivity (Wildman–Crippen MR) is 94.7 cm³/mol. The average Bonchev–Trinajstić information content (AvgIpc) is 2.78. The Kier molecular flexibility index (Phi) is 4.76. The fourth-order valence-electron chi connectivity index (χ4n) is 2.40. The van der Waals surface area contributed by atoms with Crippen molar-refractivity contribution >= 4 is 12.6 Å². The van der Waals surface area contributed by atoms with E-state index in [0.717, 1.165) is 5.46 Å². The molecule has 0 aromatic heterocycles. The lowest BCUT2D eigenvalue weighted by Crippen LogP contribution is -2.41. The maximum absolute atomic E-state index is 12.8. The van der Waals surface area contributed by atoms with Gasteiger partial charge in [-0.2, -0.15) is 0 Å². The van der Waals surface area contributed by atoms with E-state index in [-0.39, 0.29) is 23.8 Å². The molecule has 2 aromatic carbocycles. The molecule has 0 radical (unpaired) electrons. The summed E-state index contributed by atoms with van der Waals surface area (Å²) in [6, 6.07) is 13.3. The van der Waals surface area contributed by atoms with Gasteiger partial charge in [0.15, 0.2) is 0 Å². The van der Waals surface area contributed by atoms with Gasteiger partial charge in [0.25, 0.3) is 0 Å². The van der Waals surface area contributed by atoms with Gasteiger partial charge >= 0.3 is 7.12 Å². The minimum atomic E-state index is -0.394. The number of hydrogen-bond donors (Lipinski definition) is 0. The summed E-state index contributed by atoms with van der Waals surface area (Å²) >= 11 is 0. The first-order valence-electron chi connectivity index (χ1n) is 8.24. The Morgan fingerprint density at radius 1 is 0.800 bits per heavy atom. The van der Waals surface area contributed by atoms with E-state index in [0.29, 0.717) is 11.5 Å². The SMILES string of the molecule is CC1(C)OB(c2ccc(OCOc3ccc(F)cc3)cc2)OC1(C)C. The number of benzene rings is 2. The molecule has 4 nitrogen and oxygen atoms in total. The van der Waals surface area contributed by atoms with E-state index in [9.17, 15) is 4.39 Å². The van der Waals surface area contributed by atoms with Gasteiger partial charge in [0.05, 0.1) is 11.2 Å². The zero-order chi connectivity index (χ0) is 18.1. The highest BCUT2D eigenvalue weighted by Gasteiger charge is 2.51. The zero-order valence-electron chi connectivity index (χ0n) is 14.9. The first-order valence-corrected chi connectivity index (χ1v) is 8.24. The summed E-state index contributed by atoms with van der Waals surface area (Å²) in [6.45, 7) is 8.14. The monoisotopic (exact) mass is 344 g/mol. The number of rotatable bonds is 5. The second-order valence-corrected chi connectivity index (χ2v) is 7.02. The molecule has 0 aliphatic carbocycles. The van der Waals surface area contributed by atoms with E-state index in [4.69, 9.17) is 18.8 Å². The minimum absolute atomic E-state index is 0.0431. The van der Waals surface area contributed by atoms with Crippen LogP contribution in [0.15, 0.2) is 48.5 Å².